The zero-order valence-electron chi connectivity index (χ0n) is 19.6. The largest absolute Gasteiger partial charge is 0.483 e. The normalized spacial score (nSPS) is 12.9. The standard InChI is InChI=1S/C26H36N2O3/c1-7-20(5)27-26(30)21(6)28(16-22-12-10-11-19(4)15-22)25(29)17-31-24-14-9-8-13-23(24)18(2)3/h8-15,18,20-21H,7,16-17H2,1-6H3,(H,27,30)/t20-,21+/m0/s1. The van der Waals surface area contributed by atoms with Crippen LogP contribution in [0.2, 0.25) is 0 Å². The van der Waals surface area contributed by atoms with Gasteiger partial charge in [-0.25, -0.2) is 0 Å². The van der Waals surface area contributed by atoms with Gasteiger partial charge in [-0.05, 0) is 50.3 Å². The molecule has 5 heteroatoms. The third-order valence-electron chi connectivity index (χ3n) is 5.50. The molecule has 0 fully saturated rings. The van der Waals surface area contributed by atoms with Gasteiger partial charge in [0.2, 0.25) is 5.91 Å². The summed E-state index contributed by atoms with van der Waals surface area (Å²) in [5.41, 5.74) is 3.16. The molecule has 0 saturated carbocycles. The van der Waals surface area contributed by atoms with Crippen molar-refractivity contribution in [2.75, 3.05) is 6.61 Å². The predicted molar refractivity (Wildman–Crippen MR) is 125 cm³/mol. The van der Waals surface area contributed by atoms with Crippen molar-refractivity contribution in [3.05, 3.63) is 65.2 Å². The summed E-state index contributed by atoms with van der Waals surface area (Å²) in [4.78, 5) is 27.6. The van der Waals surface area contributed by atoms with Crippen molar-refractivity contribution in [1.29, 1.82) is 0 Å². The first-order valence-corrected chi connectivity index (χ1v) is 11.1. The molecule has 0 unspecified atom stereocenters. The van der Waals surface area contributed by atoms with Gasteiger partial charge in [-0.15, -0.1) is 0 Å². The highest BCUT2D eigenvalue weighted by Crippen LogP contribution is 2.26. The number of ether oxygens (including phenoxy) is 1. The Hall–Kier alpha value is -2.82. The summed E-state index contributed by atoms with van der Waals surface area (Å²) in [7, 11) is 0. The van der Waals surface area contributed by atoms with Crippen LogP contribution in [-0.2, 0) is 16.1 Å². The summed E-state index contributed by atoms with van der Waals surface area (Å²) in [6.45, 7) is 12.2. The number of rotatable bonds is 10. The van der Waals surface area contributed by atoms with Crippen molar-refractivity contribution in [2.45, 2.75) is 72.5 Å². The van der Waals surface area contributed by atoms with Crippen LogP contribution in [0.4, 0.5) is 0 Å². The molecule has 2 atom stereocenters. The van der Waals surface area contributed by atoms with E-state index in [-0.39, 0.29) is 30.4 Å². The smallest absolute Gasteiger partial charge is 0.261 e. The van der Waals surface area contributed by atoms with Gasteiger partial charge in [0.05, 0.1) is 0 Å². The first-order chi connectivity index (χ1) is 14.7. The number of para-hydroxylation sites is 1. The number of hydrogen-bond acceptors (Lipinski definition) is 3. The van der Waals surface area contributed by atoms with Gasteiger partial charge in [-0.1, -0.05) is 68.8 Å². The molecule has 2 rings (SSSR count). The highest BCUT2D eigenvalue weighted by atomic mass is 16.5. The van der Waals surface area contributed by atoms with E-state index >= 15 is 0 Å². The van der Waals surface area contributed by atoms with Crippen molar-refractivity contribution >= 4 is 11.8 Å². The van der Waals surface area contributed by atoms with Gasteiger partial charge in [0.1, 0.15) is 11.8 Å². The Kier molecular flexibility index (Phi) is 9.10. The zero-order valence-corrected chi connectivity index (χ0v) is 19.6. The Balaban J connectivity index is 2.20. The third-order valence-corrected chi connectivity index (χ3v) is 5.50. The number of carbonyl (C=O) groups excluding carboxylic acids is 2. The highest BCUT2D eigenvalue weighted by molar-refractivity contribution is 5.88. The number of carbonyl (C=O) groups is 2. The summed E-state index contributed by atoms with van der Waals surface area (Å²) >= 11 is 0. The van der Waals surface area contributed by atoms with Crippen LogP contribution in [0.5, 0.6) is 5.75 Å². The molecular formula is C26H36N2O3. The van der Waals surface area contributed by atoms with Crippen LogP contribution in [-0.4, -0.2) is 35.4 Å². The molecular weight excluding hydrogens is 388 g/mol. The topological polar surface area (TPSA) is 58.6 Å². The number of nitrogens with zero attached hydrogens (tertiary/aromatic N) is 1. The third kappa shape index (κ3) is 7.12. The quantitative estimate of drug-likeness (QED) is 0.594. The Morgan fingerprint density at radius 1 is 1.03 bits per heavy atom. The fourth-order valence-electron chi connectivity index (χ4n) is 3.37. The van der Waals surface area contributed by atoms with Crippen LogP contribution in [0.1, 0.15) is 63.6 Å². The van der Waals surface area contributed by atoms with Crippen molar-refractivity contribution in [2.24, 2.45) is 0 Å². The molecule has 2 aromatic rings. The van der Waals surface area contributed by atoms with E-state index < -0.39 is 6.04 Å². The number of aryl methyl sites for hydroxylation is 1. The number of hydrogen-bond donors (Lipinski definition) is 1. The second-order valence-corrected chi connectivity index (χ2v) is 8.49. The molecule has 0 aromatic heterocycles. The Morgan fingerprint density at radius 2 is 1.74 bits per heavy atom. The van der Waals surface area contributed by atoms with Crippen LogP contribution >= 0.6 is 0 Å². The lowest BCUT2D eigenvalue weighted by atomic mass is 10.0. The first kappa shape index (κ1) is 24.4. The fraction of sp³-hybridized carbons (Fsp3) is 0.462. The van der Waals surface area contributed by atoms with Gasteiger partial charge in [-0.2, -0.15) is 0 Å². The summed E-state index contributed by atoms with van der Waals surface area (Å²) in [5, 5.41) is 2.99. The SMILES string of the molecule is CC[C@H](C)NC(=O)[C@@H](C)N(Cc1cccc(C)c1)C(=O)COc1ccccc1C(C)C. The van der Waals surface area contributed by atoms with E-state index in [9.17, 15) is 9.59 Å². The monoisotopic (exact) mass is 424 g/mol. The average molecular weight is 425 g/mol. The van der Waals surface area contributed by atoms with E-state index in [1.54, 1.807) is 11.8 Å². The Labute approximate surface area is 186 Å². The molecule has 0 bridgehead atoms. The lowest BCUT2D eigenvalue weighted by molar-refractivity contribution is -0.142. The summed E-state index contributed by atoms with van der Waals surface area (Å²) in [6.07, 6.45) is 0.833. The van der Waals surface area contributed by atoms with E-state index in [0.717, 1.165) is 23.1 Å². The van der Waals surface area contributed by atoms with Gasteiger partial charge in [-0.3, -0.25) is 9.59 Å². The zero-order chi connectivity index (χ0) is 23.0. The minimum Gasteiger partial charge on any atom is -0.483 e. The van der Waals surface area contributed by atoms with Crippen molar-refractivity contribution in [3.8, 4) is 5.75 Å². The Bertz CT molecular complexity index is 878. The van der Waals surface area contributed by atoms with Crippen molar-refractivity contribution < 1.29 is 14.3 Å². The molecule has 0 aliphatic heterocycles. The molecule has 168 valence electrons. The number of nitrogens with one attached hydrogen (secondary N) is 1. The number of amides is 2. The average Bonchev–Trinajstić information content (AvgIpc) is 2.75. The highest BCUT2D eigenvalue weighted by Gasteiger charge is 2.27. The van der Waals surface area contributed by atoms with Crippen LogP contribution in [0.3, 0.4) is 0 Å². The molecule has 5 nitrogen and oxygen atoms in total. The summed E-state index contributed by atoms with van der Waals surface area (Å²) in [6, 6.07) is 15.2. The maximum atomic E-state index is 13.2. The number of benzene rings is 2. The van der Waals surface area contributed by atoms with E-state index in [1.165, 1.54) is 0 Å². The molecule has 2 amide bonds. The van der Waals surface area contributed by atoms with Gasteiger partial charge in [0, 0.05) is 12.6 Å². The second-order valence-electron chi connectivity index (χ2n) is 8.49. The van der Waals surface area contributed by atoms with Crippen LogP contribution in [0, 0.1) is 6.92 Å². The molecule has 0 aliphatic carbocycles. The molecule has 1 N–H and O–H groups in total. The molecule has 0 spiro atoms. The van der Waals surface area contributed by atoms with E-state index in [2.05, 4.69) is 19.2 Å². The molecule has 31 heavy (non-hydrogen) atoms. The lowest BCUT2D eigenvalue weighted by Gasteiger charge is -2.30. The molecule has 2 aromatic carbocycles. The fourth-order valence-corrected chi connectivity index (χ4v) is 3.37. The first-order valence-electron chi connectivity index (χ1n) is 11.1. The van der Waals surface area contributed by atoms with E-state index in [1.807, 2.05) is 69.3 Å². The maximum Gasteiger partial charge on any atom is 0.261 e. The lowest BCUT2D eigenvalue weighted by Crippen LogP contribution is -2.50. The van der Waals surface area contributed by atoms with Gasteiger partial charge in [0.25, 0.3) is 5.91 Å². The second kappa shape index (κ2) is 11.5. The van der Waals surface area contributed by atoms with Crippen molar-refractivity contribution in [1.82, 2.24) is 10.2 Å². The van der Waals surface area contributed by atoms with E-state index in [0.29, 0.717) is 12.3 Å². The van der Waals surface area contributed by atoms with Crippen LogP contribution in [0.25, 0.3) is 0 Å². The Morgan fingerprint density at radius 3 is 2.39 bits per heavy atom. The minimum absolute atomic E-state index is 0.0556. The van der Waals surface area contributed by atoms with Crippen LogP contribution < -0.4 is 10.1 Å². The summed E-state index contributed by atoms with van der Waals surface area (Å²) in [5.74, 6) is 0.623. The minimum atomic E-state index is -0.606. The molecule has 0 radical (unpaired) electrons. The van der Waals surface area contributed by atoms with Gasteiger partial charge >= 0.3 is 0 Å². The van der Waals surface area contributed by atoms with Gasteiger partial charge in [0.15, 0.2) is 6.61 Å². The molecule has 0 heterocycles. The van der Waals surface area contributed by atoms with E-state index in [4.69, 9.17) is 4.74 Å². The predicted octanol–water partition coefficient (Wildman–Crippen LogP) is 4.83. The molecule has 0 saturated heterocycles. The summed E-state index contributed by atoms with van der Waals surface area (Å²) < 4.78 is 5.91. The maximum absolute atomic E-state index is 13.2. The van der Waals surface area contributed by atoms with Crippen molar-refractivity contribution in [3.63, 3.8) is 0 Å². The molecule has 0 aliphatic rings. The van der Waals surface area contributed by atoms with Crippen LogP contribution in [0.15, 0.2) is 48.5 Å². The van der Waals surface area contributed by atoms with Gasteiger partial charge < -0.3 is 15.0 Å².